The van der Waals surface area contributed by atoms with Gasteiger partial charge in [0.15, 0.2) is 0 Å². The van der Waals surface area contributed by atoms with Crippen LogP contribution >= 0.6 is 0 Å². The van der Waals surface area contributed by atoms with Crippen molar-refractivity contribution >= 4 is 28.3 Å². The highest BCUT2D eigenvalue weighted by Crippen LogP contribution is 2.26. The van der Waals surface area contributed by atoms with Gasteiger partial charge in [0, 0.05) is 5.69 Å². The van der Waals surface area contributed by atoms with Crippen molar-refractivity contribution < 1.29 is 9.59 Å². The third-order valence-electron chi connectivity index (χ3n) is 3.84. The summed E-state index contributed by atoms with van der Waals surface area (Å²) in [4.78, 5) is 26.0. The van der Waals surface area contributed by atoms with Crippen LogP contribution in [0, 0.1) is 5.92 Å². The molecule has 2 amide bonds. The zero-order valence-corrected chi connectivity index (χ0v) is 13.7. The minimum Gasteiger partial charge on any atom is -0.368 e. The van der Waals surface area contributed by atoms with E-state index in [1.54, 1.807) is 6.92 Å². The SMILES string of the molecule is CC(C)[C@@H](C(N)=O)N(C(=O)[C@H](C)N)c1ccc2ccccc2c1. The Labute approximate surface area is 136 Å². The van der Waals surface area contributed by atoms with Gasteiger partial charge in [-0.15, -0.1) is 0 Å². The normalized spacial score (nSPS) is 13.8. The van der Waals surface area contributed by atoms with Gasteiger partial charge < -0.3 is 11.5 Å². The van der Waals surface area contributed by atoms with E-state index in [1.165, 1.54) is 4.90 Å². The summed E-state index contributed by atoms with van der Waals surface area (Å²) in [6.45, 7) is 5.32. The summed E-state index contributed by atoms with van der Waals surface area (Å²) in [5.41, 5.74) is 12.0. The molecule has 2 aromatic carbocycles. The van der Waals surface area contributed by atoms with Crippen LogP contribution in [0.2, 0.25) is 0 Å². The van der Waals surface area contributed by atoms with Gasteiger partial charge in [-0.2, -0.15) is 0 Å². The Morgan fingerprint density at radius 1 is 1.00 bits per heavy atom. The molecule has 0 fully saturated rings. The van der Waals surface area contributed by atoms with E-state index in [4.69, 9.17) is 11.5 Å². The number of hydrogen-bond acceptors (Lipinski definition) is 3. The lowest BCUT2D eigenvalue weighted by Gasteiger charge is -2.33. The molecule has 122 valence electrons. The first kappa shape index (κ1) is 17.0. The predicted octanol–water partition coefficient (Wildman–Crippen LogP) is 2.03. The monoisotopic (exact) mass is 313 g/mol. The molecule has 2 rings (SSSR count). The fraction of sp³-hybridized carbons (Fsp3) is 0.333. The topological polar surface area (TPSA) is 89.4 Å². The van der Waals surface area contributed by atoms with E-state index in [2.05, 4.69) is 0 Å². The summed E-state index contributed by atoms with van der Waals surface area (Å²) in [7, 11) is 0. The zero-order chi connectivity index (χ0) is 17.1. The molecule has 23 heavy (non-hydrogen) atoms. The molecule has 5 heteroatoms. The molecule has 0 aromatic heterocycles. The van der Waals surface area contributed by atoms with E-state index in [0.29, 0.717) is 5.69 Å². The number of rotatable bonds is 5. The lowest BCUT2D eigenvalue weighted by molar-refractivity contribution is -0.125. The lowest BCUT2D eigenvalue weighted by atomic mass is 9.99. The molecule has 0 spiro atoms. The Kier molecular flexibility index (Phi) is 5.01. The average Bonchev–Trinajstić information content (AvgIpc) is 2.50. The summed E-state index contributed by atoms with van der Waals surface area (Å²) in [5, 5.41) is 2.05. The van der Waals surface area contributed by atoms with E-state index in [9.17, 15) is 9.59 Å². The van der Waals surface area contributed by atoms with Gasteiger partial charge in [0.1, 0.15) is 6.04 Å². The largest absolute Gasteiger partial charge is 0.368 e. The van der Waals surface area contributed by atoms with Crippen LogP contribution in [0.25, 0.3) is 10.8 Å². The van der Waals surface area contributed by atoms with Crippen molar-refractivity contribution in [3.8, 4) is 0 Å². The standard InChI is InChI=1S/C18H23N3O2/c1-11(2)16(17(20)22)21(18(23)12(3)19)15-9-8-13-6-4-5-7-14(13)10-15/h4-12,16H,19H2,1-3H3,(H2,20,22)/t12-,16-/m0/s1. The lowest BCUT2D eigenvalue weighted by Crippen LogP contribution is -2.55. The number of anilines is 1. The van der Waals surface area contributed by atoms with Gasteiger partial charge in [0.25, 0.3) is 0 Å². The van der Waals surface area contributed by atoms with Crippen LogP contribution in [0.3, 0.4) is 0 Å². The summed E-state index contributed by atoms with van der Waals surface area (Å²) in [6, 6.07) is 12.0. The maximum absolute atomic E-state index is 12.6. The Hall–Kier alpha value is -2.40. The van der Waals surface area contributed by atoms with Gasteiger partial charge in [0.2, 0.25) is 11.8 Å². The molecule has 4 N–H and O–H groups in total. The second-order valence-electron chi connectivity index (χ2n) is 6.12. The van der Waals surface area contributed by atoms with Crippen molar-refractivity contribution in [2.75, 3.05) is 4.90 Å². The van der Waals surface area contributed by atoms with Gasteiger partial charge >= 0.3 is 0 Å². The van der Waals surface area contributed by atoms with Crippen molar-refractivity contribution in [3.05, 3.63) is 42.5 Å². The number of carbonyl (C=O) groups is 2. The number of fused-ring (bicyclic) bond motifs is 1. The van der Waals surface area contributed by atoms with Crippen LogP contribution in [0.15, 0.2) is 42.5 Å². The van der Waals surface area contributed by atoms with Gasteiger partial charge in [-0.3, -0.25) is 14.5 Å². The van der Waals surface area contributed by atoms with Crippen molar-refractivity contribution in [3.63, 3.8) is 0 Å². The Bertz CT molecular complexity index is 725. The number of carbonyl (C=O) groups excluding carboxylic acids is 2. The van der Waals surface area contributed by atoms with Crippen LogP contribution in [-0.4, -0.2) is 23.9 Å². The van der Waals surface area contributed by atoms with E-state index >= 15 is 0 Å². The number of primary amides is 1. The number of amides is 2. The highest BCUT2D eigenvalue weighted by Gasteiger charge is 2.33. The number of hydrogen-bond donors (Lipinski definition) is 2. The Morgan fingerprint density at radius 2 is 1.61 bits per heavy atom. The molecule has 0 saturated carbocycles. The van der Waals surface area contributed by atoms with E-state index in [-0.39, 0.29) is 11.8 Å². The minimum absolute atomic E-state index is 0.123. The van der Waals surface area contributed by atoms with E-state index in [1.807, 2.05) is 56.3 Å². The minimum atomic E-state index is -0.741. The first-order valence-electron chi connectivity index (χ1n) is 7.69. The van der Waals surface area contributed by atoms with Gasteiger partial charge in [-0.1, -0.05) is 44.2 Å². The maximum Gasteiger partial charge on any atom is 0.244 e. The maximum atomic E-state index is 12.6. The Balaban J connectivity index is 2.58. The third kappa shape index (κ3) is 3.51. The molecule has 0 bridgehead atoms. The molecule has 5 nitrogen and oxygen atoms in total. The predicted molar refractivity (Wildman–Crippen MR) is 92.9 cm³/mol. The first-order valence-corrected chi connectivity index (χ1v) is 7.69. The molecule has 0 aliphatic rings. The fourth-order valence-corrected chi connectivity index (χ4v) is 2.72. The summed E-state index contributed by atoms with van der Waals surface area (Å²) in [5.74, 6) is -0.985. The first-order chi connectivity index (χ1) is 10.8. The summed E-state index contributed by atoms with van der Waals surface area (Å²) in [6.07, 6.45) is 0. The van der Waals surface area contributed by atoms with Crippen molar-refractivity contribution in [2.45, 2.75) is 32.9 Å². The number of nitrogens with zero attached hydrogens (tertiary/aromatic N) is 1. The summed E-state index contributed by atoms with van der Waals surface area (Å²) < 4.78 is 0. The zero-order valence-electron chi connectivity index (χ0n) is 13.7. The molecule has 0 unspecified atom stereocenters. The molecule has 0 radical (unpaired) electrons. The molecule has 0 heterocycles. The molecule has 0 aliphatic carbocycles. The quantitative estimate of drug-likeness (QED) is 0.885. The molecular formula is C18H23N3O2. The molecular weight excluding hydrogens is 290 g/mol. The summed E-state index contributed by atoms with van der Waals surface area (Å²) >= 11 is 0. The number of nitrogens with two attached hydrogens (primary N) is 2. The second kappa shape index (κ2) is 6.79. The van der Waals surface area contributed by atoms with E-state index in [0.717, 1.165) is 10.8 Å². The van der Waals surface area contributed by atoms with Gasteiger partial charge in [0.05, 0.1) is 6.04 Å². The smallest absolute Gasteiger partial charge is 0.244 e. The third-order valence-corrected chi connectivity index (χ3v) is 3.84. The van der Waals surface area contributed by atoms with Crippen molar-refractivity contribution in [2.24, 2.45) is 17.4 Å². The van der Waals surface area contributed by atoms with Crippen LogP contribution in [0.1, 0.15) is 20.8 Å². The van der Waals surface area contributed by atoms with Gasteiger partial charge in [-0.25, -0.2) is 0 Å². The van der Waals surface area contributed by atoms with Crippen LogP contribution < -0.4 is 16.4 Å². The molecule has 2 atom stereocenters. The van der Waals surface area contributed by atoms with Gasteiger partial charge in [-0.05, 0) is 35.7 Å². The molecule has 0 aliphatic heterocycles. The van der Waals surface area contributed by atoms with Crippen molar-refractivity contribution in [1.29, 1.82) is 0 Å². The van der Waals surface area contributed by atoms with Crippen LogP contribution in [0.5, 0.6) is 0 Å². The fourth-order valence-electron chi connectivity index (χ4n) is 2.72. The molecule has 2 aromatic rings. The van der Waals surface area contributed by atoms with Crippen LogP contribution in [0.4, 0.5) is 5.69 Å². The highest BCUT2D eigenvalue weighted by atomic mass is 16.2. The highest BCUT2D eigenvalue weighted by molar-refractivity contribution is 6.04. The number of benzene rings is 2. The Morgan fingerprint density at radius 3 is 2.13 bits per heavy atom. The average molecular weight is 313 g/mol. The van der Waals surface area contributed by atoms with E-state index < -0.39 is 18.0 Å². The van der Waals surface area contributed by atoms with Crippen LogP contribution in [-0.2, 0) is 9.59 Å². The van der Waals surface area contributed by atoms with Crippen molar-refractivity contribution in [1.82, 2.24) is 0 Å². The molecule has 0 saturated heterocycles. The second-order valence-corrected chi connectivity index (χ2v) is 6.12.